The van der Waals surface area contributed by atoms with Crippen LogP contribution in [0, 0.1) is 0 Å². The number of esters is 2. The second-order valence-electron chi connectivity index (χ2n) is 18.8. The average Bonchev–Trinajstić information content (AvgIpc) is 3.32. The Morgan fingerprint density at radius 2 is 0.682 bits per heavy atom. The summed E-state index contributed by atoms with van der Waals surface area (Å²) in [5.41, 5.74) is 0. The van der Waals surface area contributed by atoms with Gasteiger partial charge in [0, 0.05) is 19.4 Å². The molecular formula is C61H108O5. The molecule has 0 fully saturated rings. The van der Waals surface area contributed by atoms with Gasteiger partial charge in [-0.05, 0) is 109 Å². The third-order valence-electron chi connectivity index (χ3n) is 12.2. The molecule has 66 heavy (non-hydrogen) atoms. The third-order valence-corrected chi connectivity index (χ3v) is 12.2. The first-order valence-electron chi connectivity index (χ1n) is 28.5. The SMILES string of the molecule is CC/C=C\C/C=C\C/C=C\CCCCCCCCCC(=O)OCC(COCCCCCCCCCCCC/C=C\C/C=C\CCCCC)OC(=O)CCCCCCC/C=C\CCCCCC. The monoisotopic (exact) mass is 921 g/mol. The van der Waals surface area contributed by atoms with Crippen LogP contribution in [0.1, 0.15) is 278 Å². The maximum Gasteiger partial charge on any atom is 0.306 e. The smallest absolute Gasteiger partial charge is 0.306 e. The fraction of sp³-hybridized carbons (Fsp3) is 0.770. The predicted octanol–water partition coefficient (Wildman–Crippen LogP) is 19.5. The van der Waals surface area contributed by atoms with Gasteiger partial charge < -0.3 is 14.2 Å². The molecule has 0 saturated carbocycles. The summed E-state index contributed by atoms with van der Waals surface area (Å²) in [6.07, 6.45) is 73.5. The Balaban J connectivity index is 4.26. The van der Waals surface area contributed by atoms with E-state index in [1.54, 1.807) is 0 Å². The molecule has 0 aromatic heterocycles. The lowest BCUT2D eigenvalue weighted by Crippen LogP contribution is -2.30. The van der Waals surface area contributed by atoms with E-state index in [2.05, 4.69) is 93.7 Å². The van der Waals surface area contributed by atoms with Crippen molar-refractivity contribution in [1.29, 1.82) is 0 Å². The van der Waals surface area contributed by atoms with Crippen LogP contribution < -0.4 is 0 Å². The van der Waals surface area contributed by atoms with Crippen molar-refractivity contribution in [2.75, 3.05) is 19.8 Å². The van der Waals surface area contributed by atoms with Crippen LogP contribution in [0.15, 0.2) is 72.9 Å². The zero-order valence-corrected chi connectivity index (χ0v) is 44.0. The highest BCUT2D eigenvalue weighted by Crippen LogP contribution is 2.15. The Morgan fingerprint density at radius 1 is 0.348 bits per heavy atom. The highest BCUT2D eigenvalue weighted by atomic mass is 16.6. The first-order valence-corrected chi connectivity index (χ1v) is 28.5. The Hall–Kier alpha value is -2.66. The first kappa shape index (κ1) is 63.3. The van der Waals surface area contributed by atoms with E-state index >= 15 is 0 Å². The molecule has 0 aliphatic heterocycles. The number of unbranched alkanes of at least 4 members (excludes halogenated alkanes) is 29. The van der Waals surface area contributed by atoms with Crippen molar-refractivity contribution in [3.05, 3.63) is 72.9 Å². The summed E-state index contributed by atoms with van der Waals surface area (Å²) < 4.78 is 17.5. The lowest BCUT2D eigenvalue weighted by atomic mass is 10.1. The zero-order chi connectivity index (χ0) is 47.7. The largest absolute Gasteiger partial charge is 0.462 e. The standard InChI is InChI=1S/C61H108O5/c1-4-7-10-13-16-19-22-25-27-29-30-31-33-35-38-41-44-47-50-53-56-64-57-59(66-61(63)55-52-49-46-43-40-36-24-21-18-15-12-9-6-3)58-65-60(62)54-51-48-45-42-39-37-34-32-28-26-23-20-17-14-11-8-5-2/h8,11,16-17,19-21,24-28,59H,4-7,9-10,12-15,18,22-23,29-58H2,1-3H3/b11-8-,19-16-,20-17-,24-21-,27-25-,28-26-. The summed E-state index contributed by atoms with van der Waals surface area (Å²) in [4.78, 5) is 25.5. The molecule has 0 radical (unpaired) electrons. The van der Waals surface area contributed by atoms with Gasteiger partial charge in [-0.1, -0.05) is 229 Å². The Labute approximate surface area is 410 Å². The minimum Gasteiger partial charge on any atom is -0.462 e. The van der Waals surface area contributed by atoms with Gasteiger partial charge in [0.2, 0.25) is 0 Å². The molecule has 0 aliphatic rings. The summed E-state index contributed by atoms with van der Waals surface area (Å²) in [7, 11) is 0. The van der Waals surface area contributed by atoms with Crippen LogP contribution in [-0.4, -0.2) is 37.9 Å². The number of hydrogen-bond donors (Lipinski definition) is 0. The minimum absolute atomic E-state index is 0.0747. The van der Waals surface area contributed by atoms with Gasteiger partial charge in [-0.15, -0.1) is 0 Å². The molecule has 0 aliphatic carbocycles. The van der Waals surface area contributed by atoms with Crippen LogP contribution in [0.5, 0.6) is 0 Å². The Kier molecular flexibility index (Phi) is 54.4. The predicted molar refractivity (Wildman–Crippen MR) is 288 cm³/mol. The number of hydrogen-bond acceptors (Lipinski definition) is 5. The van der Waals surface area contributed by atoms with E-state index in [4.69, 9.17) is 14.2 Å². The van der Waals surface area contributed by atoms with Crippen LogP contribution in [-0.2, 0) is 23.8 Å². The maximum atomic E-state index is 12.8. The summed E-state index contributed by atoms with van der Waals surface area (Å²) in [6.45, 7) is 7.68. The lowest BCUT2D eigenvalue weighted by molar-refractivity contribution is -0.163. The molecule has 5 nitrogen and oxygen atoms in total. The van der Waals surface area contributed by atoms with Gasteiger partial charge in [0.15, 0.2) is 6.10 Å². The van der Waals surface area contributed by atoms with Crippen LogP contribution >= 0.6 is 0 Å². The van der Waals surface area contributed by atoms with Crippen molar-refractivity contribution in [1.82, 2.24) is 0 Å². The quantitative estimate of drug-likeness (QED) is 0.0346. The molecule has 382 valence electrons. The van der Waals surface area contributed by atoms with E-state index in [-0.39, 0.29) is 25.2 Å². The average molecular weight is 922 g/mol. The van der Waals surface area contributed by atoms with Crippen LogP contribution in [0.25, 0.3) is 0 Å². The van der Waals surface area contributed by atoms with Crippen molar-refractivity contribution in [3.63, 3.8) is 0 Å². The van der Waals surface area contributed by atoms with Crippen molar-refractivity contribution in [3.8, 4) is 0 Å². The summed E-state index contributed by atoms with van der Waals surface area (Å²) in [5.74, 6) is -0.413. The van der Waals surface area contributed by atoms with Crippen LogP contribution in [0.4, 0.5) is 0 Å². The molecule has 5 heteroatoms. The molecule has 0 N–H and O–H groups in total. The number of ether oxygens (including phenoxy) is 3. The van der Waals surface area contributed by atoms with E-state index < -0.39 is 6.10 Å². The maximum absolute atomic E-state index is 12.8. The molecule has 0 amide bonds. The number of allylic oxidation sites excluding steroid dienone is 12. The summed E-state index contributed by atoms with van der Waals surface area (Å²) in [5, 5.41) is 0. The molecule has 0 heterocycles. The molecule has 0 aromatic rings. The molecule has 0 bridgehead atoms. The van der Waals surface area contributed by atoms with Gasteiger partial charge in [0.1, 0.15) is 6.61 Å². The summed E-state index contributed by atoms with van der Waals surface area (Å²) in [6, 6.07) is 0. The van der Waals surface area contributed by atoms with Gasteiger partial charge in [-0.2, -0.15) is 0 Å². The van der Waals surface area contributed by atoms with Crippen LogP contribution in [0.3, 0.4) is 0 Å². The molecule has 1 unspecified atom stereocenters. The van der Waals surface area contributed by atoms with Gasteiger partial charge in [0.05, 0.1) is 6.61 Å². The lowest BCUT2D eigenvalue weighted by Gasteiger charge is -2.18. The van der Waals surface area contributed by atoms with Gasteiger partial charge >= 0.3 is 11.9 Å². The molecule has 0 rings (SSSR count). The fourth-order valence-corrected chi connectivity index (χ4v) is 7.96. The highest BCUT2D eigenvalue weighted by Gasteiger charge is 2.17. The zero-order valence-electron chi connectivity index (χ0n) is 44.0. The van der Waals surface area contributed by atoms with E-state index in [1.165, 1.54) is 154 Å². The minimum atomic E-state index is -0.548. The molecule has 0 spiro atoms. The summed E-state index contributed by atoms with van der Waals surface area (Å²) >= 11 is 0. The molecular weight excluding hydrogens is 813 g/mol. The van der Waals surface area contributed by atoms with Crippen molar-refractivity contribution >= 4 is 11.9 Å². The van der Waals surface area contributed by atoms with Crippen molar-refractivity contribution in [2.24, 2.45) is 0 Å². The van der Waals surface area contributed by atoms with Crippen LogP contribution in [0.2, 0.25) is 0 Å². The van der Waals surface area contributed by atoms with E-state index in [0.29, 0.717) is 19.4 Å². The van der Waals surface area contributed by atoms with E-state index in [0.717, 1.165) is 89.9 Å². The first-order chi connectivity index (χ1) is 32.6. The Morgan fingerprint density at radius 3 is 1.14 bits per heavy atom. The third kappa shape index (κ3) is 54.0. The van der Waals surface area contributed by atoms with E-state index in [9.17, 15) is 9.59 Å². The number of carbonyl (C=O) groups excluding carboxylic acids is 2. The molecule has 0 aromatic carbocycles. The second kappa shape index (κ2) is 56.7. The fourth-order valence-electron chi connectivity index (χ4n) is 7.96. The highest BCUT2D eigenvalue weighted by molar-refractivity contribution is 5.70. The van der Waals surface area contributed by atoms with Gasteiger partial charge in [0.25, 0.3) is 0 Å². The van der Waals surface area contributed by atoms with Crippen molar-refractivity contribution in [2.45, 2.75) is 284 Å². The molecule has 1 atom stereocenters. The van der Waals surface area contributed by atoms with Crippen molar-refractivity contribution < 1.29 is 23.8 Å². The number of rotatable bonds is 52. The number of carbonyl (C=O) groups is 2. The van der Waals surface area contributed by atoms with E-state index in [1.807, 2.05) is 0 Å². The second-order valence-corrected chi connectivity index (χ2v) is 18.8. The normalized spacial score (nSPS) is 12.7. The molecule has 0 saturated heterocycles. The van der Waals surface area contributed by atoms with Gasteiger partial charge in [-0.25, -0.2) is 0 Å². The van der Waals surface area contributed by atoms with Gasteiger partial charge in [-0.3, -0.25) is 9.59 Å². The Bertz CT molecular complexity index is 1180. The topological polar surface area (TPSA) is 61.8 Å².